The molecule has 0 radical (unpaired) electrons. The van der Waals surface area contributed by atoms with Crippen molar-refractivity contribution in [3.8, 4) is 0 Å². The summed E-state index contributed by atoms with van der Waals surface area (Å²) in [4.78, 5) is 13.3. The van der Waals surface area contributed by atoms with Crippen molar-refractivity contribution in [2.24, 2.45) is 0 Å². The lowest BCUT2D eigenvalue weighted by molar-refractivity contribution is -0.384. The number of nitrogens with zero attached hydrogens (tertiary/aromatic N) is 3. The zero-order chi connectivity index (χ0) is 18.7. The molecule has 0 aliphatic carbocycles. The molecule has 0 aromatic heterocycles. The Morgan fingerprint density at radius 3 is 2.58 bits per heavy atom. The lowest BCUT2D eigenvalue weighted by atomic mass is 10.1. The Bertz CT molecular complexity index is 763. The van der Waals surface area contributed by atoms with Crippen molar-refractivity contribution < 1.29 is 13.3 Å². The number of thioether (sulfide) groups is 1. The number of anilines is 1. The minimum absolute atomic E-state index is 0.0201. The smallest absolute Gasteiger partial charge is 0.293 e. The molecule has 1 atom stereocenters. The van der Waals surface area contributed by atoms with Gasteiger partial charge in [0.15, 0.2) is 0 Å². The van der Waals surface area contributed by atoms with E-state index in [1.54, 1.807) is 6.07 Å². The van der Waals surface area contributed by atoms with E-state index in [-0.39, 0.29) is 16.6 Å². The molecule has 1 aromatic carbocycles. The predicted molar refractivity (Wildman–Crippen MR) is 104 cm³/mol. The van der Waals surface area contributed by atoms with Crippen molar-refractivity contribution in [3.05, 3.63) is 28.3 Å². The predicted octanol–water partition coefficient (Wildman–Crippen LogP) is 3.10. The molecule has 2 fully saturated rings. The summed E-state index contributed by atoms with van der Waals surface area (Å²) in [6.45, 7) is 3.76. The van der Waals surface area contributed by atoms with Gasteiger partial charge in [0.25, 0.3) is 5.69 Å². The molecule has 3 rings (SSSR count). The molecule has 1 aromatic rings. The fourth-order valence-electron chi connectivity index (χ4n) is 3.56. The molecule has 2 aliphatic heterocycles. The summed E-state index contributed by atoms with van der Waals surface area (Å²) in [6.07, 6.45) is 3.65. The van der Waals surface area contributed by atoms with Gasteiger partial charge in [0.2, 0.25) is 10.0 Å². The summed E-state index contributed by atoms with van der Waals surface area (Å²) in [5, 5.41) is 11.7. The Hall–Kier alpha value is -1.32. The third-order valence-corrected chi connectivity index (χ3v) is 7.98. The number of sulfonamides is 1. The van der Waals surface area contributed by atoms with Crippen LogP contribution >= 0.6 is 11.8 Å². The van der Waals surface area contributed by atoms with Crippen molar-refractivity contribution in [1.29, 1.82) is 0 Å². The van der Waals surface area contributed by atoms with Gasteiger partial charge >= 0.3 is 0 Å². The summed E-state index contributed by atoms with van der Waals surface area (Å²) < 4.78 is 27.2. The van der Waals surface area contributed by atoms with E-state index in [9.17, 15) is 18.5 Å². The third kappa shape index (κ3) is 3.99. The van der Waals surface area contributed by atoms with E-state index in [4.69, 9.17) is 0 Å². The number of piperidine rings is 1. The van der Waals surface area contributed by atoms with Gasteiger partial charge in [-0.05, 0) is 44.1 Å². The lowest BCUT2D eigenvalue weighted by Crippen LogP contribution is -2.36. The number of nitro groups is 1. The summed E-state index contributed by atoms with van der Waals surface area (Å²) in [6, 6.07) is 4.57. The highest BCUT2D eigenvalue weighted by Crippen LogP contribution is 2.35. The molecule has 2 aliphatic rings. The molecule has 144 valence electrons. The van der Waals surface area contributed by atoms with Crippen LogP contribution in [0.4, 0.5) is 11.4 Å². The molecular formula is C17H25N3O4S2. The van der Waals surface area contributed by atoms with E-state index in [0.717, 1.165) is 43.7 Å². The number of hydrogen-bond acceptors (Lipinski definition) is 6. The molecule has 7 nitrogen and oxygen atoms in total. The van der Waals surface area contributed by atoms with E-state index in [1.165, 1.54) is 16.4 Å². The fraction of sp³-hybridized carbons (Fsp3) is 0.647. The third-order valence-electron chi connectivity index (χ3n) is 5.09. The topological polar surface area (TPSA) is 83.8 Å². The summed E-state index contributed by atoms with van der Waals surface area (Å²) in [5.74, 6) is 1.95. The van der Waals surface area contributed by atoms with Crippen LogP contribution < -0.4 is 4.90 Å². The van der Waals surface area contributed by atoms with Crippen LogP contribution in [0.2, 0.25) is 0 Å². The first-order valence-electron chi connectivity index (χ1n) is 9.04. The van der Waals surface area contributed by atoms with Crippen LogP contribution in [0.5, 0.6) is 0 Å². The number of hydrogen-bond donors (Lipinski definition) is 0. The summed E-state index contributed by atoms with van der Waals surface area (Å²) >= 11 is 1.84. The summed E-state index contributed by atoms with van der Waals surface area (Å²) in [7, 11) is -3.68. The lowest BCUT2D eigenvalue weighted by Gasteiger charge is -2.29. The van der Waals surface area contributed by atoms with Crippen LogP contribution in [0.1, 0.15) is 32.6 Å². The van der Waals surface area contributed by atoms with E-state index in [0.29, 0.717) is 18.8 Å². The molecule has 0 bridgehead atoms. The van der Waals surface area contributed by atoms with Gasteiger partial charge in [-0.2, -0.15) is 16.1 Å². The van der Waals surface area contributed by atoms with Crippen molar-refractivity contribution in [2.45, 2.75) is 43.5 Å². The first-order valence-corrected chi connectivity index (χ1v) is 11.6. The highest BCUT2D eigenvalue weighted by molar-refractivity contribution is 7.99. The molecule has 0 amide bonds. The second-order valence-electron chi connectivity index (χ2n) is 6.82. The number of benzene rings is 1. The van der Waals surface area contributed by atoms with Gasteiger partial charge < -0.3 is 4.90 Å². The largest absolute Gasteiger partial charge is 0.362 e. The normalized spacial score (nSPS) is 22.8. The number of rotatable bonds is 4. The Kier molecular flexibility index (Phi) is 6.09. The zero-order valence-corrected chi connectivity index (χ0v) is 16.6. The molecular weight excluding hydrogens is 374 g/mol. The van der Waals surface area contributed by atoms with Crippen LogP contribution in [0.25, 0.3) is 0 Å². The van der Waals surface area contributed by atoms with Gasteiger partial charge in [-0.25, -0.2) is 8.42 Å². The molecule has 2 saturated heterocycles. The first-order chi connectivity index (χ1) is 12.4. The van der Waals surface area contributed by atoms with Crippen LogP contribution in [-0.4, -0.2) is 54.8 Å². The second-order valence-corrected chi connectivity index (χ2v) is 9.98. The Labute approximate surface area is 158 Å². The zero-order valence-electron chi connectivity index (χ0n) is 15.0. The van der Waals surface area contributed by atoms with Gasteiger partial charge in [0.05, 0.1) is 9.82 Å². The molecule has 0 spiro atoms. The van der Waals surface area contributed by atoms with E-state index >= 15 is 0 Å². The number of nitro benzene ring substituents is 1. The maximum atomic E-state index is 12.9. The van der Waals surface area contributed by atoms with Crippen LogP contribution in [0, 0.1) is 10.1 Å². The molecule has 26 heavy (non-hydrogen) atoms. The van der Waals surface area contributed by atoms with Gasteiger partial charge in [-0.15, -0.1) is 0 Å². The Morgan fingerprint density at radius 1 is 1.15 bits per heavy atom. The molecule has 2 heterocycles. The molecule has 1 unspecified atom stereocenters. The second kappa shape index (κ2) is 8.14. The highest BCUT2D eigenvalue weighted by atomic mass is 32.2. The maximum Gasteiger partial charge on any atom is 0.293 e. The minimum atomic E-state index is -3.68. The molecule has 0 saturated carbocycles. The van der Waals surface area contributed by atoms with Crippen molar-refractivity contribution in [1.82, 2.24) is 4.31 Å². The average Bonchev–Trinajstić information content (AvgIpc) is 2.86. The van der Waals surface area contributed by atoms with Crippen molar-refractivity contribution in [2.75, 3.05) is 36.0 Å². The monoisotopic (exact) mass is 399 g/mol. The van der Waals surface area contributed by atoms with E-state index in [2.05, 4.69) is 6.92 Å². The van der Waals surface area contributed by atoms with Crippen LogP contribution in [0.3, 0.4) is 0 Å². The van der Waals surface area contributed by atoms with Gasteiger partial charge in [0, 0.05) is 37.5 Å². The van der Waals surface area contributed by atoms with Gasteiger partial charge in [0.1, 0.15) is 5.69 Å². The Balaban J connectivity index is 1.97. The minimum Gasteiger partial charge on any atom is -0.362 e. The molecule has 0 N–H and O–H groups in total. The van der Waals surface area contributed by atoms with E-state index in [1.807, 2.05) is 16.7 Å². The first kappa shape index (κ1) is 19.4. The van der Waals surface area contributed by atoms with Crippen molar-refractivity contribution in [3.63, 3.8) is 0 Å². The maximum absolute atomic E-state index is 12.9. The SMILES string of the molecule is CC1CCSCCN1c1ccc(S(=O)(=O)N2CCCCC2)cc1[N+](=O)[O-]. The Morgan fingerprint density at radius 2 is 1.88 bits per heavy atom. The average molecular weight is 400 g/mol. The summed E-state index contributed by atoms with van der Waals surface area (Å²) in [5.41, 5.74) is 0.393. The standard InChI is InChI=1S/C17H25N3O4S2/c1-14-7-11-25-12-10-19(14)16-6-5-15(13-17(16)20(21)22)26(23,24)18-8-3-2-4-9-18/h5-6,13-14H,2-4,7-12H2,1H3. The van der Waals surface area contributed by atoms with E-state index < -0.39 is 14.9 Å². The molecule has 9 heteroatoms. The van der Waals surface area contributed by atoms with Crippen LogP contribution in [0.15, 0.2) is 23.1 Å². The van der Waals surface area contributed by atoms with Crippen LogP contribution in [-0.2, 0) is 10.0 Å². The fourth-order valence-corrected chi connectivity index (χ4v) is 6.14. The van der Waals surface area contributed by atoms with Gasteiger partial charge in [-0.1, -0.05) is 6.42 Å². The van der Waals surface area contributed by atoms with Crippen molar-refractivity contribution >= 4 is 33.2 Å². The quantitative estimate of drug-likeness (QED) is 0.571. The van der Waals surface area contributed by atoms with Gasteiger partial charge in [-0.3, -0.25) is 10.1 Å². The highest BCUT2D eigenvalue weighted by Gasteiger charge is 2.30.